The zero-order valence-corrected chi connectivity index (χ0v) is 12.7. The minimum atomic E-state index is -0.861. The highest BCUT2D eigenvalue weighted by Gasteiger charge is 2.32. The zero-order valence-electron chi connectivity index (χ0n) is 11.9. The smallest absolute Gasteiger partial charge is 0.224 e. The van der Waals surface area contributed by atoms with E-state index in [9.17, 15) is 19.2 Å². The van der Waals surface area contributed by atoms with Gasteiger partial charge in [0.15, 0.2) is 0 Å². The fraction of sp³-hybridized carbons (Fsp3) is 0.375. The Morgan fingerprint density at radius 1 is 1.18 bits per heavy atom. The highest BCUT2D eigenvalue weighted by atomic mass is 35.5. The maximum atomic E-state index is 12.0. The van der Waals surface area contributed by atoms with Crippen molar-refractivity contribution in [3.8, 4) is 0 Å². The standard InChI is InChI=1S/C16H16ClNO4/c17-10-2-1-3-11(8-10)18-16(22)7-6-15(21)13-9-12(19)4-5-14(13)20/h1-3,8,13H,4-7,9H2,(H,18,22)/t13-/m1/s1. The highest BCUT2D eigenvalue weighted by Crippen LogP contribution is 2.21. The SMILES string of the molecule is O=C1CCC(=O)[C@H](C(=O)CCC(=O)Nc2cccc(Cl)c2)C1. The summed E-state index contributed by atoms with van der Waals surface area (Å²) in [7, 11) is 0. The Morgan fingerprint density at radius 2 is 1.95 bits per heavy atom. The third kappa shape index (κ3) is 4.49. The van der Waals surface area contributed by atoms with Gasteiger partial charge in [-0.05, 0) is 18.2 Å². The number of rotatable bonds is 5. The van der Waals surface area contributed by atoms with Gasteiger partial charge in [-0.2, -0.15) is 0 Å². The van der Waals surface area contributed by atoms with E-state index < -0.39 is 5.92 Å². The van der Waals surface area contributed by atoms with E-state index in [0.717, 1.165) is 0 Å². The molecule has 0 heterocycles. The van der Waals surface area contributed by atoms with Gasteiger partial charge < -0.3 is 5.32 Å². The minimum absolute atomic E-state index is 0.0203. The quantitative estimate of drug-likeness (QED) is 0.845. The Labute approximate surface area is 133 Å². The van der Waals surface area contributed by atoms with Crippen LogP contribution in [0.4, 0.5) is 5.69 Å². The number of hydrogen-bond acceptors (Lipinski definition) is 4. The summed E-state index contributed by atoms with van der Waals surface area (Å²) in [6.45, 7) is 0. The molecular weight excluding hydrogens is 306 g/mol. The van der Waals surface area contributed by atoms with E-state index in [-0.39, 0.29) is 55.4 Å². The predicted octanol–water partition coefficient (Wildman–Crippen LogP) is 2.57. The Balaban J connectivity index is 1.84. The Kier molecular flexibility index (Phi) is 5.44. The van der Waals surface area contributed by atoms with Gasteiger partial charge in [-0.25, -0.2) is 0 Å². The van der Waals surface area contributed by atoms with E-state index in [0.29, 0.717) is 10.7 Å². The largest absolute Gasteiger partial charge is 0.326 e. The average molecular weight is 322 g/mol. The molecule has 2 rings (SSSR count). The first-order valence-electron chi connectivity index (χ1n) is 7.08. The van der Waals surface area contributed by atoms with Crippen molar-refractivity contribution in [3.05, 3.63) is 29.3 Å². The number of hydrogen-bond donors (Lipinski definition) is 1. The van der Waals surface area contributed by atoms with Gasteiger partial charge in [0.05, 0.1) is 5.92 Å². The van der Waals surface area contributed by atoms with E-state index in [1.54, 1.807) is 24.3 Å². The van der Waals surface area contributed by atoms with Crippen LogP contribution in [-0.2, 0) is 19.2 Å². The van der Waals surface area contributed by atoms with E-state index in [4.69, 9.17) is 11.6 Å². The molecule has 1 aromatic rings. The lowest BCUT2D eigenvalue weighted by molar-refractivity contribution is -0.140. The summed E-state index contributed by atoms with van der Waals surface area (Å²) in [5.74, 6) is -1.79. The van der Waals surface area contributed by atoms with Crippen LogP contribution in [0.15, 0.2) is 24.3 Å². The molecule has 1 aromatic carbocycles. The molecule has 0 radical (unpaired) electrons. The molecular formula is C16H16ClNO4. The van der Waals surface area contributed by atoms with Gasteiger partial charge in [-0.1, -0.05) is 17.7 Å². The molecule has 0 bridgehead atoms. The van der Waals surface area contributed by atoms with Crippen molar-refractivity contribution in [1.29, 1.82) is 0 Å². The number of halogens is 1. The summed E-state index contributed by atoms with van der Waals surface area (Å²) in [5.41, 5.74) is 0.550. The van der Waals surface area contributed by atoms with Crippen LogP contribution < -0.4 is 5.32 Å². The fourth-order valence-electron chi connectivity index (χ4n) is 2.37. The molecule has 1 fully saturated rings. The lowest BCUT2D eigenvalue weighted by Crippen LogP contribution is -2.31. The second kappa shape index (κ2) is 7.31. The minimum Gasteiger partial charge on any atom is -0.326 e. The summed E-state index contributed by atoms with van der Waals surface area (Å²) < 4.78 is 0. The van der Waals surface area contributed by atoms with E-state index in [1.165, 1.54) is 0 Å². The van der Waals surface area contributed by atoms with Crippen LogP contribution in [0.5, 0.6) is 0 Å². The lowest BCUT2D eigenvalue weighted by atomic mass is 9.83. The fourth-order valence-corrected chi connectivity index (χ4v) is 2.56. The second-order valence-electron chi connectivity index (χ2n) is 5.29. The normalized spacial score (nSPS) is 18.1. The number of ketones is 3. The topological polar surface area (TPSA) is 80.3 Å². The first-order chi connectivity index (χ1) is 10.5. The maximum absolute atomic E-state index is 12.0. The molecule has 0 aromatic heterocycles. The predicted molar refractivity (Wildman–Crippen MR) is 81.7 cm³/mol. The van der Waals surface area contributed by atoms with Crippen molar-refractivity contribution in [2.45, 2.75) is 32.1 Å². The number of carbonyl (C=O) groups excluding carboxylic acids is 4. The Morgan fingerprint density at radius 3 is 2.68 bits per heavy atom. The van der Waals surface area contributed by atoms with Gasteiger partial charge in [0.25, 0.3) is 0 Å². The molecule has 0 unspecified atom stereocenters. The number of carbonyl (C=O) groups is 4. The van der Waals surface area contributed by atoms with E-state index >= 15 is 0 Å². The molecule has 5 nitrogen and oxygen atoms in total. The zero-order chi connectivity index (χ0) is 16.1. The first-order valence-corrected chi connectivity index (χ1v) is 7.46. The molecule has 22 heavy (non-hydrogen) atoms. The van der Waals surface area contributed by atoms with Gasteiger partial charge >= 0.3 is 0 Å². The first kappa shape index (κ1) is 16.4. The molecule has 1 aliphatic rings. The summed E-state index contributed by atoms with van der Waals surface area (Å²) in [4.78, 5) is 46.8. The Bertz CT molecular complexity index is 626. The van der Waals surface area contributed by atoms with Gasteiger partial charge in [-0.3, -0.25) is 19.2 Å². The molecule has 1 saturated carbocycles. The second-order valence-corrected chi connectivity index (χ2v) is 5.72. The summed E-state index contributed by atoms with van der Waals surface area (Å²) in [6.07, 6.45) is 0.259. The van der Waals surface area contributed by atoms with E-state index in [1.807, 2.05) is 0 Å². The van der Waals surface area contributed by atoms with Crippen LogP contribution in [0.1, 0.15) is 32.1 Å². The average Bonchev–Trinajstić information content (AvgIpc) is 2.47. The summed E-state index contributed by atoms with van der Waals surface area (Å²) >= 11 is 5.81. The van der Waals surface area contributed by atoms with Crippen LogP contribution in [0, 0.1) is 5.92 Å². The maximum Gasteiger partial charge on any atom is 0.224 e. The molecule has 1 amide bonds. The molecule has 116 valence electrons. The monoisotopic (exact) mass is 321 g/mol. The van der Waals surface area contributed by atoms with Crippen LogP contribution in [0.2, 0.25) is 5.02 Å². The molecule has 0 spiro atoms. The number of amides is 1. The lowest BCUT2D eigenvalue weighted by Gasteiger charge is -2.18. The van der Waals surface area contributed by atoms with Crippen molar-refractivity contribution in [2.75, 3.05) is 5.32 Å². The van der Waals surface area contributed by atoms with Crippen molar-refractivity contribution >= 4 is 40.5 Å². The molecule has 0 aliphatic heterocycles. The van der Waals surface area contributed by atoms with Crippen molar-refractivity contribution in [1.82, 2.24) is 0 Å². The number of Topliss-reactive ketones (excluding diaryl/α,β-unsaturated/α-hetero) is 3. The number of benzene rings is 1. The third-order valence-corrected chi connectivity index (χ3v) is 3.80. The number of nitrogens with one attached hydrogen (secondary N) is 1. The summed E-state index contributed by atoms with van der Waals surface area (Å²) in [5, 5.41) is 3.13. The highest BCUT2D eigenvalue weighted by molar-refractivity contribution is 6.30. The van der Waals surface area contributed by atoms with Crippen molar-refractivity contribution < 1.29 is 19.2 Å². The molecule has 1 N–H and O–H groups in total. The number of anilines is 1. The molecule has 0 saturated heterocycles. The van der Waals surface area contributed by atoms with Crippen LogP contribution >= 0.6 is 11.6 Å². The van der Waals surface area contributed by atoms with Gasteiger partial charge in [0.2, 0.25) is 5.91 Å². The Hall–Kier alpha value is -2.01. The molecule has 1 atom stereocenters. The van der Waals surface area contributed by atoms with Crippen molar-refractivity contribution in [2.24, 2.45) is 5.92 Å². The molecule has 6 heteroatoms. The third-order valence-electron chi connectivity index (χ3n) is 3.57. The van der Waals surface area contributed by atoms with Gasteiger partial charge in [0.1, 0.15) is 17.3 Å². The molecule has 1 aliphatic carbocycles. The van der Waals surface area contributed by atoms with E-state index in [2.05, 4.69) is 5.32 Å². The van der Waals surface area contributed by atoms with Gasteiger partial charge in [-0.15, -0.1) is 0 Å². The van der Waals surface area contributed by atoms with Gasteiger partial charge in [0, 0.05) is 42.8 Å². The van der Waals surface area contributed by atoms with Crippen LogP contribution in [0.25, 0.3) is 0 Å². The van der Waals surface area contributed by atoms with Crippen molar-refractivity contribution in [3.63, 3.8) is 0 Å². The van der Waals surface area contributed by atoms with Crippen LogP contribution in [-0.4, -0.2) is 23.3 Å². The van der Waals surface area contributed by atoms with Crippen LogP contribution in [0.3, 0.4) is 0 Å². The summed E-state index contributed by atoms with van der Waals surface area (Å²) in [6, 6.07) is 6.68.